The van der Waals surface area contributed by atoms with Gasteiger partial charge in [0.2, 0.25) is 5.91 Å². The summed E-state index contributed by atoms with van der Waals surface area (Å²) in [5, 5.41) is 8.63. The van der Waals surface area contributed by atoms with Gasteiger partial charge in [0.25, 0.3) is 0 Å². The zero-order chi connectivity index (χ0) is 17.6. The molecular weight excluding hydrogens is 380 g/mol. The average molecular weight is 403 g/mol. The number of nitrogens with zero attached hydrogens (tertiary/aromatic N) is 2. The van der Waals surface area contributed by atoms with Crippen LogP contribution >= 0.6 is 15.9 Å². The van der Waals surface area contributed by atoms with E-state index in [1.54, 1.807) is 0 Å². The molecule has 0 unspecified atom stereocenters. The third-order valence-corrected chi connectivity index (χ3v) is 5.08. The number of rotatable bonds is 8. The summed E-state index contributed by atoms with van der Waals surface area (Å²) < 4.78 is 2.93. The van der Waals surface area contributed by atoms with E-state index in [2.05, 4.69) is 43.5 Å². The van der Waals surface area contributed by atoms with Crippen molar-refractivity contribution in [2.45, 2.75) is 39.2 Å². The van der Waals surface area contributed by atoms with Gasteiger partial charge in [0.15, 0.2) is 0 Å². The first-order valence-electron chi connectivity index (χ1n) is 8.65. The van der Waals surface area contributed by atoms with E-state index in [1.807, 2.05) is 36.1 Å². The lowest BCUT2D eigenvalue weighted by Gasteiger charge is -2.05. The third-order valence-electron chi connectivity index (χ3n) is 4.30. The van der Waals surface area contributed by atoms with Gasteiger partial charge in [-0.2, -0.15) is 5.10 Å². The van der Waals surface area contributed by atoms with Gasteiger partial charge >= 0.3 is 0 Å². The maximum absolute atomic E-state index is 12.0. The fourth-order valence-electron chi connectivity index (χ4n) is 2.94. The molecule has 132 valence electrons. The van der Waals surface area contributed by atoms with Crippen molar-refractivity contribution in [1.82, 2.24) is 20.1 Å². The van der Waals surface area contributed by atoms with Gasteiger partial charge < -0.3 is 10.3 Å². The number of aromatic nitrogens is 3. The number of aryl methyl sites for hydroxylation is 3. The van der Waals surface area contributed by atoms with Gasteiger partial charge in [0.05, 0.1) is 10.2 Å². The third kappa shape index (κ3) is 4.72. The Morgan fingerprint density at radius 1 is 1.32 bits per heavy atom. The number of aromatic amines is 1. The molecule has 0 aliphatic heterocycles. The van der Waals surface area contributed by atoms with Crippen molar-refractivity contribution in [2.75, 3.05) is 6.54 Å². The second-order valence-corrected chi connectivity index (χ2v) is 7.10. The molecule has 2 N–H and O–H groups in total. The van der Waals surface area contributed by atoms with Crippen LogP contribution in [0.2, 0.25) is 0 Å². The Morgan fingerprint density at radius 2 is 2.16 bits per heavy atom. The number of hydrogen-bond donors (Lipinski definition) is 2. The summed E-state index contributed by atoms with van der Waals surface area (Å²) in [5.74, 6) is 0.123. The summed E-state index contributed by atoms with van der Waals surface area (Å²) in [6.07, 6.45) is 7.23. The molecule has 1 amide bonds. The predicted molar refractivity (Wildman–Crippen MR) is 104 cm³/mol. The zero-order valence-corrected chi connectivity index (χ0v) is 16.0. The number of carbonyl (C=O) groups excluding carboxylic acids is 1. The molecule has 3 rings (SSSR count). The van der Waals surface area contributed by atoms with Gasteiger partial charge in [-0.1, -0.05) is 18.2 Å². The van der Waals surface area contributed by atoms with Crippen molar-refractivity contribution in [2.24, 2.45) is 0 Å². The summed E-state index contributed by atoms with van der Waals surface area (Å²) >= 11 is 3.45. The summed E-state index contributed by atoms with van der Waals surface area (Å²) in [7, 11) is 0. The van der Waals surface area contributed by atoms with E-state index in [0.717, 1.165) is 41.5 Å². The lowest BCUT2D eigenvalue weighted by atomic mass is 10.1. The fraction of sp³-hybridized carbons (Fsp3) is 0.368. The van der Waals surface area contributed by atoms with Crippen LogP contribution in [0.15, 0.2) is 41.1 Å². The molecular formula is C19H23BrN4O. The normalized spacial score (nSPS) is 11.1. The number of hydrogen-bond acceptors (Lipinski definition) is 2. The van der Waals surface area contributed by atoms with Gasteiger partial charge in [-0.05, 0) is 53.7 Å². The lowest BCUT2D eigenvalue weighted by Crippen LogP contribution is -2.25. The molecule has 0 spiro atoms. The first-order chi connectivity index (χ1) is 12.1. The van der Waals surface area contributed by atoms with Crippen molar-refractivity contribution in [3.8, 4) is 0 Å². The van der Waals surface area contributed by atoms with Crippen LogP contribution in [0.3, 0.4) is 0 Å². The van der Waals surface area contributed by atoms with E-state index in [1.165, 1.54) is 10.9 Å². The maximum Gasteiger partial charge on any atom is 0.220 e. The minimum Gasteiger partial charge on any atom is -0.361 e. The zero-order valence-electron chi connectivity index (χ0n) is 14.4. The molecule has 5 nitrogen and oxygen atoms in total. The molecule has 25 heavy (non-hydrogen) atoms. The largest absolute Gasteiger partial charge is 0.361 e. The Bertz CT molecular complexity index is 833. The highest BCUT2D eigenvalue weighted by atomic mass is 79.9. The van der Waals surface area contributed by atoms with E-state index >= 15 is 0 Å². The minimum atomic E-state index is 0.123. The second-order valence-electron chi connectivity index (χ2n) is 6.24. The number of halogens is 1. The molecule has 6 heteroatoms. The number of benzene rings is 1. The predicted octanol–water partition coefficient (Wildman–Crippen LogP) is 3.96. The molecule has 0 aliphatic carbocycles. The molecule has 0 saturated carbocycles. The van der Waals surface area contributed by atoms with Crippen LogP contribution in [0.25, 0.3) is 10.9 Å². The molecule has 0 radical (unpaired) electrons. The first kappa shape index (κ1) is 17.7. The van der Waals surface area contributed by atoms with E-state index in [-0.39, 0.29) is 5.91 Å². The Morgan fingerprint density at radius 3 is 2.96 bits per heavy atom. The SMILES string of the molecule is Cc1nn(CCCNC(=O)CCCc2c[nH]c3ccccc23)cc1Br. The van der Waals surface area contributed by atoms with Crippen molar-refractivity contribution in [1.29, 1.82) is 0 Å². The van der Waals surface area contributed by atoms with Gasteiger partial charge in [0, 0.05) is 42.8 Å². The summed E-state index contributed by atoms with van der Waals surface area (Å²) in [4.78, 5) is 15.2. The van der Waals surface area contributed by atoms with Crippen LogP contribution in [0.1, 0.15) is 30.5 Å². The molecule has 0 atom stereocenters. The Balaban J connectivity index is 1.34. The highest BCUT2D eigenvalue weighted by molar-refractivity contribution is 9.10. The van der Waals surface area contributed by atoms with E-state index in [9.17, 15) is 4.79 Å². The van der Waals surface area contributed by atoms with Crippen molar-refractivity contribution in [3.63, 3.8) is 0 Å². The number of H-pyrrole nitrogens is 1. The average Bonchev–Trinajstić information content (AvgIpc) is 3.15. The molecule has 1 aromatic carbocycles. The van der Waals surface area contributed by atoms with Crippen LogP contribution in [0.5, 0.6) is 0 Å². The number of fused-ring (bicyclic) bond motifs is 1. The van der Waals surface area contributed by atoms with Crippen LogP contribution in [-0.4, -0.2) is 27.2 Å². The quantitative estimate of drug-likeness (QED) is 0.560. The summed E-state index contributed by atoms with van der Waals surface area (Å²) in [6, 6.07) is 8.27. The summed E-state index contributed by atoms with van der Waals surface area (Å²) in [5.41, 5.74) is 3.42. The molecule has 0 fully saturated rings. The van der Waals surface area contributed by atoms with Crippen molar-refractivity contribution in [3.05, 3.63) is 52.4 Å². The Labute approximate surface area is 155 Å². The lowest BCUT2D eigenvalue weighted by molar-refractivity contribution is -0.121. The highest BCUT2D eigenvalue weighted by Gasteiger charge is 2.06. The van der Waals surface area contributed by atoms with Gasteiger partial charge in [-0.3, -0.25) is 9.48 Å². The molecule has 2 aromatic heterocycles. The van der Waals surface area contributed by atoms with Crippen molar-refractivity contribution < 1.29 is 4.79 Å². The monoisotopic (exact) mass is 402 g/mol. The van der Waals surface area contributed by atoms with Crippen molar-refractivity contribution >= 4 is 32.7 Å². The molecule has 0 bridgehead atoms. The van der Waals surface area contributed by atoms with Gasteiger partial charge in [0.1, 0.15) is 0 Å². The number of nitrogens with one attached hydrogen (secondary N) is 2. The molecule has 3 aromatic rings. The van der Waals surface area contributed by atoms with Crippen LogP contribution < -0.4 is 5.32 Å². The number of carbonyl (C=O) groups is 1. The number of para-hydroxylation sites is 1. The fourth-order valence-corrected chi connectivity index (χ4v) is 3.26. The van der Waals surface area contributed by atoms with Crippen LogP contribution in [0, 0.1) is 6.92 Å². The van der Waals surface area contributed by atoms with Gasteiger partial charge in [-0.15, -0.1) is 0 Å². The molecule has 2 heterocycles. The van der Waals surface area contributed by atoms with E-state index in [0.29, 0.717) is 13.0 Å². The highest BCUT2D eigenvalue weighted by Crippen LogP contribution is 2.19. The van der Waals surface area contributed by atoms with Crippen LogP contribution in [0.4, 0.5) is 0 Å². The standard InChI is InChI=1S/C19H23BrN4O/c1-14-17(20)13-24(23-14)11-5-10-21-19(25)9-4-6-15-12-22-18-8-3-2-7-16(15)18/h2-3,7-8,12-13,22H,4-6,9-11H2,1H3,(H,21,25). The smallest absolute Gasteiger partial charge is 0.220 e. The Kier molecular flexibility index (Phi) is 5.91. The Hall–Kier alpha value is -2.08. The summed E-state index contributed by atoms with van der Waals surface area (Å²) in [6.45, 7) is 3.46. The second kappa shape index (κ2) is 8.34. The first-order valence-corrected chi connectivity index (χ1v) is 9.44. The maximum atomic E-state index is 12.0. The van der Waals surface area contributed by atoms with E-state index in [4.69, 9.17) is 0 Å². The van der Waals surface area contributed by atoms with Gasteiger partial charge in [-0.25, -0.2) is 0 Å². The topological polar surface area (TPSA) is 62.7 Å². The molecule has 0 aliphatic rings. The van der Waals surface area contributed by atoms with Crippen LogP contribution in [-0.2, 0) is 17.8 Å². The number of amides is 1. The minimum absolute atomic E-state index is 0.123. The van der Waals surface area contributed by atoms with E-state index < -0.39 is 0 Å². The molecule has 0 saturated heterocycles.